The molecule has 1 aromatic rings. The first-order valence-electron chi connectivity index (χ1n) is 10.9. The molecule has 1 aromatic carbocycles. The number of nitrogens with zero attached hydrogens (tertiary/aromatic N) is 1. The first-order chi connectivity index (χ1) is 14.5. The molecular formula is C22H33N3O5. The fourth-order valence-electron chi connectivity index (χ4n) is 4.32. The van der Waals surface area contributed by atoms with Gasteiger partial charge in [-0.3, -0.25) is 4.79 Å². The lowest BCUT2D eigenvalue weighted by Crippen LogP contribution is -2.45. The summed E-state index contributed by atoms with van der Waals surface area (Å²) in [4.78, 5) is 25.3. The summed E-state index contributed by atoms with van der Waals surface area (Å²) in [6.07, 6.45) is 3.95. The summed E-state index contributed by atoms with van der Waals surface area (Å²) in [5.74, 6) is 0.151. The molecule has 2 aliphatic heterocycles. The van der Waals surface area contributed by atoms with Gasteiger partial charge in [0, 0.05) is 6.04 Å². The Kier molecular flexibility index (Phi) is 7.93. The molecule has 2 fully saturated rings. The molecule has 0 radical (unpaired) electrons. The van der Waals surface area contributed by atoms with Gasteiger partial charge >= 0.3 is 12.1 Å². The lowest BCUT2D eigenvalue weighted by Gasteiger charge is -2.35. The van der Waals surface area contributed by atoms with E-state index in [-0.39, 0.29) is 24.7 Å². The molecule has 3 atom stereocenters. The summed E-state index contributed by atoms with van der Waals surface area (Å²) < 4.78 is 11.4. The van der Waals surface area contributed by atoms with Crippen LogP contribution in [0.25, 0.3) is 0 Å². The largest absolute Gasteiger partial charge is 0.490 e. The van der Waals surface area contributed by atoms with Crippen molar-refractivity contribution in [3.8, 4) is 5.75 Å². The van der Waals surface area contributed by atoms with Gasteiger partial charge in [0.2, 0.25) is 0 Å². The molecule has 2 heterocycles. The fraction of sp³-hybridized carbons (Fsp3) is 0.636. The molecule has 166 valence electrons. The second-order valence-electron chi connectivity index (χ2n) is 8.21. The lowest BCUT2D eigenvalue weighted by atomic mass is 9.86. The van der Waals surface area contributed by atoms with Gasteiger partial charge in [-0.1, -0.05) is 25.5 Å². The molecule has 1 amide bonds. The van der Waals surface area contributed by atoms with Gasteiger partial charge in [-0.2, -0.15) is 0 Å². The Hall–Kier alpha value is -2.32. The van der Waals surface area contributed by atoms with Gasteiger partial charge in [0.1, 0.15) is 18.4 Å². The number of rotatable bonds is 10. The molecule has 8 nitrogen and oxygen atoms in total. The van der Waals surface area contributed by atoms with Crippen LogP contribution in [-0.4, -0.2) is 66.5 Å². The second kappa shape index (κ2) is 10.6. The highest BCUT2D eigenvalue weighted by atomic mass is 16.6. The van der Waals surface area contributed by atoms with E-state index in [2.05, 4.69) is 12.2 Å². The lowest BCUT2D eigenvalue weighted by molar-refractivity contribution is -0.138. The quantitative estimate of drug-likeness (QED) is 0.531. The van der Waals surface area contributed by atoms with Gasteiger partial charge in [0.25, 0.3) is 0 Å². The maximum Gasteiger partial charge on any atom is 0.410 e. The minimum atomic E-state index is -1.02. The highest BCUT2D eigenvalue weighted by molar-refractivity contribution is 5.73. The number of nitrogens with two attached hydrogens (primary N) is 1. The first-order valence-corrected chi connectivity index (χ1v) is 10.9. The van der Waals surface area contributed by atoms with Crippen molar-refractivity contribution in [3.05, 3.63) is 29.8 Å². The Morgan fingerprint density at radius 1 is 1.33 bits per heavy atom. The van der Waals surface area contributed by atoms with Crippen molar-refractivity contribution in [2.24, 2.45) is 11.7 Å². The maximum absolute atomic E-state index is 12.5. The summed E-state index contributed by atoms with van der Waals surface area (Å²) in [6, 6.07) is 6.49. The number of amides is 1. The van der Waals surface area contributed by atoms with Gasteiger partial charge in [-0.25, -0.2) is 4.79 Å². The number of hydrogen-bond acceptors (Lipinski definition) is 6. The van der Waals surface area contributed by atoms with Crippen molar-refractivity contribution in [1.29, 1.82) is 0 Å². The van der Waals surface area contributed by atoms with Crippen LogP contribution in [0.5, 0.6) is 5.75 Å². The molecule has 0 spiro atoms. The highest BCUT2D eigenvalue weighted by Gasteiger charge is 2.39. The van der Waals surface area contributed by atoms with Gasteiger partial charge < -0.3 is 30.5 Å². The monoisotopic (exact) mass is 419 g/mol. The molecule has 3 unspecified atom stereocenters. The van der Waals surface area contributed by atoms with Crippen LogP contribution < -0.4 is 15.8 Å². The molecule has 0 aromatic heterocycles. The minimum Gasteiger partial charge on any atom is -0.490 e. The molecular weight excluding hydrogens is 386 g/mol. The maximum atomic E-state index is 12.5. The standard InChI is InChI=1S/C22H33N3O5/c1-2-3-20(16-8-10-24-11-9-16)25-13-18(30-22(25)28)14-29-17-6-4-15(5-7-17)12-19(23)21(26)27/h4-7,16,18-20,24H,2-3,8-14,23H2,1H3,(H,26,27). The van der Waals surface area contributed by atoms with E-state index in [0.717, 1.165) is 44.3 Å². The van der Waals surface area contributed by atoms with E-state index in [1.54, 1.807) is 24.3 Å². The zero-order valence-electron chi connectivity index (χ0n) is 17.6. The zero-order valence-corrected chi connectivity index (χ0v) is 17.6. The molecule has 2 aliphatic rings. The summed E-state index contributed by atoms with van der Waals surface area (Å²) >= 11 is 0. The van der Waals surface area contributed by atoms with Crippen molar-refractivity contribution in [3.63, 3.8) is 0 Å². The van der Waals surface area contributed by atoms with E-state index in [4.69, 9.17) is 20.3 Å². The number of ether oxygens (including phenoxy) is 2. The third-order valence-electron chi connectivity index (χ3n) is 5.95. The third kappa shape index (κ3) is 5.86. The number of nitrogens with one attached hydrogen (secondary N) is 1. The van der Waals surface area contributed by atoms with Gasteiger partial charge in [0.15, 0.2) is 6.10 Å². The Morgan fingerprint density at radius 3 is 2.67 bits per heavy atom. The second-order valence-corrected chi connectivity index (χ2v) is 8.21. The van der Waals surface area contributed by atoms with Crippen LogP contribution in [-0.2, 0) is 16.0 Å². The van der Waals surface area contributed by atoms with Crippen molar-refractivity contribution >= 4 is 12.1 Å². The first kappa shape index (κ1) is 22.4. The number of carboxylic acid groups (broad SMARTS) is 1. The molecule has 8 heteroatoms. The van der Waals surface area contributed by atoms with Gasteiger partial charge in [-0.15, -0.1) is 0 Å². The van der Waals surface area contributed by atoms with Crippen molar-refractivity contribution in [1.82, 2.24) is 10.2 Å². The van der Waals surface area contributed by atoms with E-state index in [0.29, 0.717) is 24.8 Å². The summed E-state index contributed by atoms with van der Waals surface area (Å²) in [6.45, 7) is 5.02. The Labute approximate surface area is 177 Å². The smallest absolute Gasteiger partial charge is 0.410 e. The van der Waals surface area contributed by atoms with Crippen LogP contribution in [0.3, 0.4) is 0 Å². The Balaban J connectivity index is 1.51. The zero-order chi connectivity index (χ0) is 21.5. The van der Waals surface area contributed by atoms with E-state index in [1.165, 1.54) is 0 Å². The van der Waals surface area contributed by atoms with Crippen molar-refractivity contribution in [2.75, 3.05) is 26.2 Å². The Bertz CT molecular complexity index is 705. The number of hydrogen-bond donors (Lipinski definition) is 3. The molecule has 0 saturated carbocycles. The van der Waals surface area contributed by atoms with Crippen molar-refractivity contribution in [2.45, 2.75) is 57.2 Å². The molecule has 4 N–H and O–H groups in total. The van der Waals surface area contributed by atoms with Crippen LogP contribution in [0.1, 0.15) is 38.2 Å². The fourth-order valence-corrected chi connectivity index (χ4v) is 4.32. The van der Waals surface area contributed by atoms with Gasteiger partial charge in [0.05, 0.1) is 6.54 Å². The highest BCUT2D eigenvalue weighted by Crippen LogP contribution is 2.28. The number of benzene rings is 1. The van der Waals surface area contributed by atoms with Gasteiger partial charge in [-0.05, 0) is 62.4 Å². The summed E-state index contributed by atoms with van der Waals surface area (Å²) in [5, 5.41) is 12.3. The number of piperidine rings is 1. The molecule has 30 heavy (non-hydrogen) atoms. The topological polar surface area (TPSA) is 114 Å². The van der Waals surface area contributed by atoms with E-state index < -0.39 is 12.0 Å². The molecule has 2 saturated heterocycles. The summed E-state index contributed by atoms with van der Waals surface area (Å²) in [5.41, 5.74) is 6.40. The average Bonchev–Trinajstić information content (AvgIpc) is 3.12. The number of cyclic esters (lactones) is 1. The SMILES string of the molecule is CCCC(C1CCNCC1)N1CC(COc2ccc(CC(N)C(=O)O)cc2)OC1=O. The number of carbonyl (C=O) groups is 2. The molecule has 0 aliphatic carbocycles. The minimum absolute atomic E-state index is 0.229. The van der Waals surface area contributed by atoms with Crippen LogP contribution in [0, 0.1) is 5.92 Å². The molecule has 0 bridgehead atoms. The normalized spacial score (nSPS) is 21.9. The average molecular weight is 420 g/mol. The third-order valence-corrected chi connectivity index (χ3v) is 5.95. The number of carboxylic acids is 1. The predicted molar refractivity (Wildman–Crippen MR) is 113 cm³/mol. The summed E-state index contributed by atoms with van der Waals surface area (Å²) in [7, 11) is 0. The van der Waals surface area contributed by atoms with Crippen molar-refractivity contribution < 1.29 is 24.2 Å². The Morgan fingerprint density at radius 2 is 2.03 bits per heavy atom. The van der Waals surface area contributed by atoms with Crippen LogP contribution in [0.2, 0.25) is 0 Å². The van der Waals surface area contributed by atoms with Crippen LogP contribution in [0.4, 0.5) is 4.79 Å². The molecule has 3 rings (SSSR count). The van der Waals surface area contributed by atoms with Crippen LogP contribution in [0.15, 0.2) is 24.3 Å². The number of carbonyl (C=O) groups excluding carboxylic acids is 1. The number of aliphatic carboxylic acids is 1. The predicted octanol–water partition coefficient (Wildman–Crippen LogP) is 2.01. The van der Waals surface area contributed by atoms with E-state index >= 15 is 0 Å². The van der Waals surface area contributed by atoms with E-state index in [1.807, 2.05) is 4.90 Å². The van der Waals surface area contributed by atoms with Crippen LogP contribution >= 0.6 is 0 Å². The van der Waals surface area contributed by atoms with E-state index in [9.17, 15) is 9.59 Å².